The maximum atomic E-state index is 11.8. The van der Waals surface area contributed by atoms with Gasteiger partial charge in [-0.1, -0.05) is 39.1 Å². The second-order valence-electron chi connectivity index (χ2n) is 5.97. The van der Waals surface area contributed by atoms with Gasteiger partial charge in [-0.2, -0.15) is 0 Å². The van der Waals surface area contributed by atoms with Gasteiger partial charge in [0.2, 0.25) is 0 Å². The number of fused-ring (bicyclic) bond motifs is 1. The minimum absolute atomic E-state index is 0.0273. The molecule has 0 bridgehead atoms. The number of nitrogens with one attached hydrogen (secondary N) is 1. The summed E-state index contributed by atoms with van der Waals surface area (Å²) in [6.45, 7) is 0.599. The summed E-state index contributed by atoms with van der Waals surface area (Å²) in [5, 5.41) is 13.3. The summed E-state index contributed by atoms with van der Waals surface area (Å²) >= 11 is 16.1. The predicted octanol–water partition coefficient (Wildman–Crippen LogP) is 4.91. The monoisotopic (exact) mass is 456 g/mol. The number of nitrogens with zero attached hydrogens (tertiary/aromatic N) is 3. The molecule has 0 atom stereocenters. The molecule has 0 saturated carbocycles. The van der Waals surface area contributed by atoms with Crippen molar-refractivity contribution in [3.63, 3.8) is 0 Å². The van der Waals surface area contributed by atoms with E-state index in [1.165, 1.54) is 6.20 Å². The Bertz CT molecular complexity index is 1000. The number of benzene rings is 1. The smallest absolute Gasteiger partial charge is 0.339 e. The minimum Gasteiger partial charge on any atom is -0.478 e. The van der Waals surface area contributed by atoms with Crippen molar-refractivity contribution in [2.75, 3.05) is 19.4 Å². The van der Waals surface area contributed by atoms with E-state index in [9.17, 15) is 9.90 Å². The van der Waals surface area contributed by atoms with Crippen LogP contribution in [0.3, 0.4) is 0 Å². The SMILES string of the molecule is CN(C)Cc1cnc2c(Cl)c(Nc3ccc(Br)cc3Cl)c(C(=O)O)cn12. The number of anilines is 2. The summed E-state index contributed by atoms with van der Waals surface area (Å²) in [6, 6.07) is 5.24. The van der Waals surface area contributed by atoms with Crippen LogP contribution in [0.2, 0.25) is 10.0 Å². The average Bonchev–Trinajstić information content (AvgIpc) is 2.94. The van der Waals surface area contributed by atoms with Gasteiger partial charge in [0.1, 0.15) is 10.6 Å². The second kappa shape index (κ2) is 7.44. The molecule has 26 heavy (non-hydrogen) atoms. The zero-order valence-corrected chi connectivity index (χ0v) is 17.0. The van der Waals surface area contributed by atoms with E-state index < -0.39 is 5.97 Å². The molecule has 136 valence electrons. The van der Waals surface area contributed by atoms with Crippen molar-refractivity contribution in [3.8, 4) is 0 Å². The number of aromatic carboxylic acids is 1. The molecule has 9 heteroatoms. The van der Waals surface area contributed by atoms with E-state index in [2.05, 4.69) is 26.2 Å². The molecule has 0 aliphatic heterocycles. The molecular formula is C17H15BrCl2N4O2. The number of imidazole rings is 1. The van der Waals surface area contributed by atoms with E-state index in [4.69, 9.17) is 23.2 Å². The molecule has 1 aromatic carbocycles. The number of rotatable bonds is 5. The van der Waals surface area contributed by atoms with E-state index in [1.54, 1.807) is 28.8 Å². The van der Waals surface area contributed by atoms with Crippen molar-refractivity contribution in [2.24, 2.45) is 0 Å². The molecule has 2 N–H and O–H groups in total. The van der Waals surface area contributed by atoms with Gasteiger partial charge in [0, 0.05) is 17.2 Å². The lowest BCUT2D eigenvalue weighted by Gasteiger charge is -2.15. The Morgan fingerprint density at radius 1 is 1.38 bits per heavy atom. The standard InChI is InChI=1S/C17H15BrCl2N4O2/c1-23(2)7-10-6-21-16-14(20)15(11(17(25)26)8-24(10)16)22-13-4-3-9(18)5-12(13)19/h3-6,8,22H,7H2,1-2H3,(H,25,26). The average molecular weight is 458 g/mol. The van der Waals surface area contributed by atoms with Crippen LogP contribution in [0.1, 0.15) is 16.1 Å². The van der Waals surface area contributed by atoms with Crippen molar-refractivity contribution in [1.29, 1.82) is 0 Å². The predicted molar refractivity (Wildman–Crippen MR) is 107 cm³/mol. The molecule has 0 spiro atoms. The molecule has 0 aliphatic rings. The fourth-order valence-electron chi connectivity index (χ4n) is 2.58. The molecule has 2 aromatic heterocycles. The van der Waals surface area contributed by atoms with E-state index in [0.717, 1.165) is 10.2 Å². The third kappa shape index (κ3) is 3.66. The van der Waals surface area contributed by atoms with Crippen LogP contribution in [-0.4, -0.2) is 39.5 Å². The molecule has 0 aliphatic carbocycles. The maximum Gasteiger partial charge on any atom is 0.339 e. The normalized spacial score (nSPS) is 11.3. The van der Waals surface area contributed by atoms with Gasteiger partial charge in [-0.25, -0.2) is 9.78 Å². The second-order valence-corrected chi connectivity index (χ2v) is 7.67. The van der Waals surface area contributed by atoms with E-state index in [1.807, 2.05) is 19.0 Å². The van der Waals surface area contributed by atoms with Gasteiger partial charge in [-0.3, -0.25) is 0 Å². The van der Waals surface area contributed by atoms with Gasteiger partial charge in [-0.15, -0.1) is 0 Å². The summed E-state index contributed by atoms with van der Waals surface area (Å²) < 4.78 is 2.51. The van der Waals surface area contributed by atoms with Crippen LogP contribution >= 0.6 is 39.1 Å². The van der Waals surface area contributed by atoms with Gasteiger partial charge in [0.25, 0.3) is 0 Å². The summed E-state index contributed by atoms with van der Waals surface area (Å²) in [6.07, 6.45) is 3.20. The van der Waals surface area contributed by atoms with Crippen molar-refractivity contribution in [3.05, 3.63) is 56.4 Å². The summed E-state index contributed by atoms with van der Waals surface area (Å²) in [5.41, 5.74) is 2.13. The topological polar surface area (TPSA) is 69.9 Å². The van der Waals surface area contributed by atoms with E-state index in [0.29, 0.717) is 22.9 Å². The van der Waals surface area contributed by atoms with Gasteiger partial charge in [-0.05, 0) is 32.3 Å². The Morgan fingerprint density at radius 2 is 2.12 bits per heavy atom. The first kappa shape index (κ1) is 19.0. The number of halogens is 3. The molecule has 0 unspecified atom stereocenters. The maximum absolute atomic E-state index is 11.8. The number of carboxylic acid groups (broad SMARTS) is 1. The molecule has 0 fully saturated rings. The van der Waals surface area contributed by atoms with E-state index >= 15 is 0 Å². The fourth-order valence-corrected chi connectivity index (χ4v) is 3.59. The highest BCUT2D eigenvalue weighted by molar-refractivity contribution is 9.10. The Balaban J connectivity index is 2.16. The van der Waals surface area contributed by atoms with Gasteiger partial charge < -0.3 is 19.7 Å². The first-order valence-electron chi connectivity index (χ1n) is 7.56. The van der Waals surface area contributed by atoms with Crippen molar-refractivity contribution >= 4 is 62.1 Å². The van der Waals surface area contributed by atoms with Crippen LogP contribution in [0.25, 0.3) is 5.65 Å². The summed E-state index contributed by atoms with van der Waals surface area (Å²) in [4.78, 5) is 18.1. The van der Waals surface area contributed by atoms with Crippen molar-refractivity contribution in [1.82, 2.24) is 14.3 Å². The number of hydrogen-bond acceptors (Lipinski definition) is 4. The lowest BCUT2D eigenvalue weighted by Crippen LogP contribution is -2.13. The molecular weight excluding hydrogens is 443 g/mol. The molecule has 0 amide bonds. The van der Waals surface area contributed by atoms with Crippen LogP contribution in [-0.2, 0) is 6.54 Å². The molecule has 2 heterocycles. The largest absolute Gasteiger partial charge is 0.478 e. The first-order valence-corrected chi connectivity index (χ1v) is 9.11. The molecule has 0 saturated heterocycles. The number of carboxylic acids is 1. The number of hydrogen-bond donors (Lipinski definition) is 2. The van der Waals surface area contributed by atoms with Gasteiger partial charge >= 0.3 is 5.97 Å². The third-order valence-electron chi connectivity index (χ3n) is 3.72. The number of carbonyl (C=O) groups is 1. The first-order chi connectivity index (χ1) is 12.3. The quantitative estimate of drug-likeness (QED) is 0.569. The highest BCUT2D eigenvalue weighted by Crippen LogP contribution is 2.36. The highest BCUT2D eigenvalue weighted by atomic mass is 79.9. The summed E-state index contributed by atoms with van der Waals surface area (Å²) in [7, 11) is 3.84. The van der Waals surface area contributed by atoms with Gasteiger partial charge in [0.15, 0.2) is 5.65 Å². The molecule has 3 rings (SSSR count). The molecule has 6 nitrogen and oxygen atoms in total. The van der Waals surface area contributed by atoms with Crippen molar-refractivity contribution < 1.29 is 9.90 Å². The zero-order chi connectivity index (χ0) is 19.0. The Morgan fingerprint density at radius 3 is 2.73 bits per heavy atom. The van der Waals surface area contributed by atoms with Gasteiger partial charge in [0.05, 0.1) is 28.3 Å². The summed E-state index contributed by atoms with van der Waals surface area (Å²) in [5.74, 6) is -1.10. The fraction of sp³-hybridized carbons (Fsp3) is 0.176. The van der Waals surface area contributed by atoms with Crippen LogP contribution in [0.15, 0.2) is 35.1 Å². The minimum atomic E-state index is -1.10. The zero-order valence-electron chi connectivity index (χ0n) is 13.9. The van der Waals surface area contributed by atoms with Crippen LogP contribution in [0.4, 0.5) is 11.4 Å². The van der Waals surface area contributed by atoms with Crippen LogP contribution in [0.5, 0.6) is 0 Å². The lowest BCUT2D eigenvalue weighted by molar-refractivity contribution is 0.0697. The van der Waals surface area contributed by atoms with Crippen LogP contribution < -0.4 is 5.32 Å². The number of pyridine rings is 1. The lowest BCUT2D eigenvalue weighted by atomic mass is 10.2. The van der Waals surface area contributed by atoms with E-state index in [-0.39, 0.29) is 16.3 Å². The Kier molecular flexibility index (Phi) is 5.43. The highest BCUT2D eigenvalue weighted by Gasteiger charge is 2.21. The Hall–Kier alpha value is -1.80. The van der Waals surface area contributed by atoms with Crippen molar-refractivity contribution in [2.45, 2.75) is 6.54 Å². The number of aromatic nitrogens is 2. The third-order valence-corrected chi connectivity index (χ3v) is 4.88. The Labute approximate surface area is 168 Å². The van der Waals surface area contributed by atoms with Crippen LogP contribution in [0, 0.1) is 0 Å². The molecule has 0 radical (unpaired) electrons. The molecule has 3 aromatic rings.